The molecule has 0 aliphatic rings. The van der Waals surface area contributed by atoms with E-state index in [2.05, 4.69) is 0 Å². The van der Waals surface area contributed by atoms with Crippen molar-refractivity contribution >= 4 is 0 Å². The predicted molar refractivity (Wildman–Crippen MR) is 14.5 cm³/mol. The van der Waals surface area contributed by atoms with Crippen LogP contribution in [-0.4, -0.2) is 21.9 Å². The fraction of sp³-hybridized carbons (Fsp3) is 0. The first-order chi connectivity index (χ1) is 0. The minimum Gasteiger partial charge on any atom is -0.412 e. The van der Waals surface area contributed by atoms with Crippen molar-refractivity contribution in [1.29, 1.82) is 0 Å². The van der Waals surface area contributed by atoms with Crippen LogP contribution in [0.4, 0.5) is 0 Å². The Balaban J connectivity index is 0. The molecule has 6 heavy (non-hydrogen) atoms. The zero-order valence-electron chi connectivity index (χ0n) is 2.71. The van der Waals surface area contributed by atoms with Crippen molar-refractivity contribution in [3.05, 3.63) is 0 Å². The summed E-state index contributed by atoms with van der Waals surface area (Å²) in [5.74, 6) is 0. The zero-order chi connectivity index (χ0) is 0. The molecule has 0 saturated heterocycles. The third-order valence-corrected chi connectivity index (χ3v) is 0. The van der Waals surface area contributed by atoms with Gasteiger partial charge >= 0.3 is 0 Å². The molecule has 48 valence electrons. The van der Waals surface area contributed by atoms with E-state index in [-0.39, 0.29) is 55.8 Å². The monoisotopic (exact) mass is 186 g/mol. The van der Waals surface area contributed by atoms with E-state index in [1.54, 1.807) is 0 Å². The summed E-state index contributed by atoms with van der Waals surface area (Å²) in [5.41, 5.74) is 0. The maximum absolute atomic E-state index is 0. The van der Waals surface area contributed by atoms with Gasteiger partial charge in [0.2, 0.25) is 0 Å². The van der Waals surface area contributed by atoms with E-state index >= 15 is 0 Å². The molecular formula is H8CoMnO4. The largest absolute Gasteiger partial charge is 0.412 e. The molecule has 0 heterocycles. The van der Waals surface area contributed by atoms with Crippen LogP contribution in [0.2, 0.25) is 0 Å². The van der Waals surface area contributed by atoms with Crippen LogP contribution < -0.4 is 0 Å². The molecule has 0 rings (SSSR count). The summed E-state index contributed by atoms with van der Waals surface area (Å²) in [6.45, 7) is 0. The standard InChI is InChI=1S/Co.Mn.4H2O/h;;4*1H2. The summed E-state index contributed by atoms with van der Waals surface area (Å²) in [7, 11) is 0. The van der Waals surface area contributed by atoms with Gasteiger partial charge in [0.1, 0.15) is 0 Å². The molecule has 0 aliphatic carbocycles. The van der Waals surface area contributed by atoms with Gasteiger partial charge in [-0.25, -0.2) is 0 Å². The number of hydrogen-bond donors (Lipinski definition) is 0. The Morgan fingerprint density at radius 1 is 0.500 bits per heavy atom. The van der Waals surface area contributed by atoms with Crippen LogP contribution in [0.3, 0.4) is 0 Å². The first-order valence-electron chi connectivity index (χ1n) is 0. The predicted octanol–water partition coefficient (Wildman–Crippen LogP) is -3.30. The van der Waals surface area contributed by atoms with Gasteiger partial charge in [-0.1, -0.05) is 0 Å². The molecule has 6 heteroatoms. The van der Waals surface area contributed by atoms with Gasteiger partial charge in [0.15, 0.2) is 0 Å². The Bertz CT molecular complexity index is 7.51. The maximum Gasteiger partial charge on any atom is 0 e. The molecule has 0 saturated carbocycles. The summed E-state index contributed by atoms with van der Waals surface area (Å²) in [4.78, 5) is 0. The van der Waals surface area contributed by atoms with Gasteiger partial charge in [0.05, 0.1) is 0 Å². The molecule has 0 bridgehead atoms. The average molecular weight is 186 g/mol. The van der Waals surface area contributed by atoms with E-state index in [1.807, 2.05) is 0 Å². The van der Waals surface area contributed by atoms with Gasteiger partial charge in [-0.15, -0.1) is 0 Å². The third-order valence-electron chi connectivity index (χ3n) is 0. The summed E-state index contributed by atoms with van der Waals surface area (Å²) < 4.78 is 0. The summed E-state index contributed by atoms with van der Waals surface area (Å²) >= 11 is 0. The third kappa shape index (κ3) is 97.0. The van der Waals surface area contributed by atoms with Crippen molar-refractivity contribution in [2.45, 2.75) is 0 Å². The minimum absolute atomic E-state index is 0. The van der Waals surface area contributed by atoms with E-state index in [9.17, 15) is 0 Å². The maximum atomic E-state index is 0. The van der Waals surface area contributed by atoms with E-state index in [0.717, 1.165) is 0 Å². The van der Waals surface area contributed by atoms with Gasteiger partial charge in [0.25, 0.3) is 0 Å². The van der Waals surface area contributed by atoms with Gasteiger partial charge in [-0.2, -0.15) is 0 Å². The van der Waals surface area contributed by atoms with Crippen molar-refractivity contribution in [1.82, 2.24) is 0 Å². The molecule has 0 fully saturated rings. The molecular weight excluding hydrogens is 178 g/mol. The van der Waals surface area contributed by atoms with Crippen LogP contribution in [0.15, 0.2) is 0 Å². The van der Waals surface area contributed by atoms with Gasteiger partial charge in [0, 0.05) is 33.8 Å². The van der Waals surface area contributed by atoms with Crippen molar-refractivity contribution < 1.29 is 55.8 Å². The van der Waals surface area contributed by atoms with Crippen LogP contribution >= 0.6 is 0 Å². The Morgan fingerprint density at radius 3 is 0.500 bits per heavy atom. The van der Waals surface area contributed by atoms with E-state index in [1.165, 1.54) is 0 Å². The van der Waals surface area contributed by atoms with Crippen molar-refractivity contribution in [3.63, 3.8) is 0 Å². The van der Waals surface area contributed by atoms with Gasteiger partial charge in [-0.05, 0) is 0 Å². The second-order valence-electron chi connectivity index (χ2n) is 0. The average Bonchev–Trinajstić information content (AvgIpc) is 0. The fourth-order valence-electron chi connectivity index (χ4n) is 0. The van der Waals surface area contributed by atoms with Gasteiger partial charge in [-0.3, -0.25) is 0 Å². The molecule has 0 aromatic carbocycles. The minimum atomic E-state index is 0. The van der Waals surface area contributed by atoms with E-state index in [0.29, 0.717) is 0 Å². The van der Waals surface area contributed by atoms with Crippen molar-refractivity contribution in [3.8, 4) is 0 Å². The molecule has 8 N–H and O–H groups in total. The Labute approximate surface area is 56.2 Å². The Hall–Kier alpha value is 0.866. The topological polar surface area (TPSA) is 126 Å². The van der Waals surface area contributed by atoms with Crippen LogP contribution in [-0.2, 0) is 33.8 Å². The van der Waals surface area contributed by atoms with E-state index < -0.39 is 0 Å². The second-order valence-corrected chi connectivity index (χ2v) is 0. The summed E-state index contributed by atoms with van der Waals surface area (Å²) in [5, 5.41) is 0. The molecule has 2 radical (unpaired) electrons. The molecule has 0 aromatic heterocycles. The Kier molecular flexibility index (Phi) is 9730. The molecule has 0 amide bonds. The Morgan fingerprint density at radius 2 is 0.500 bits per heavy atom. The molecule has 0 spiro atoms. The van der Waals surface area contributed by atoms with Crippen molar-refractivity contribution in [2.24, 2.45) is 0 Å². The quantitative estimate of drug-likeness (QED) is 0.351. The summed E-state index contributed by atoms with van der Waals surface area (Å²) in [6, 6.07) is 0. The first-order valence-corrected chi connectivity index (χ1v) is 0. The number of rotatable bonds is 0. The van der Waals surface area contributed by atoms with Crippen molar-refractivity contribution in [2.75, 3.05) is 0 Å². The van der Waals surface area contributed by atoms with Crippen LogP contribution in [0, 0.1) is 0 Å². The SMILES string of the molecule is O.O.O.O.[Co].[Mn]. The van der Waals surface area contributed by atoms with Gasteiger partial charge < -0.3 is 21.9 Å². The second kappa shape index (κ2) is 185. The van der Waals surface area contributed by atoms with Crippen LogP contribution in [0.5, 0.6) is 0 Å². The molecule has 0 aliphatic heterocycles. The number of hydrogen-bond acceptors (Lipinski definition) is 0. The molecule has 0 aromatic rings. The van der Waals surface area contributed by atoms with Crippen LogP contribution in [0.25, 0.3) is 0 Å². The first kappa shape index (κ1) is 315. The smallest absolute Gasteiger partial charge is 0 e. The molecule has 0 unspecified atom stereocenters. The molecule has 0 atom stereocenters. The zero-order valence-corrected chi connectivity index (χ0v) is 4.93. The van der Waals surface area contributed by atoms with E-state index in [4.69, 9.17) is 0 Å². The fourth-order valence-corrected chi connectivity index (χ4v) is 0. The normalized spacial score (nSPS) is 0. The summed E-state index contributed by atoms with van der Waals surface area (Å²) in [6.07, 6.45) is 0. The van der Waals surface area contributed by atoms with Crippen LogP contribution in [0.1, 0.15) is 0 Å². The molecule has 4 nitrogen and oxygen atoms in total.